The Balaban J connectivity index is 1.48. The lowest BCUT2D eigenvalue weighted by Gasteiger charge is -2.45. The second kappa shape index (κ2) is 9.88. The topological polar surface area (TPSA) is 18.5 Å². The average molecular weight is 532 g/mol. The van der Waals surface area contributed by atoms with Gasteiger partial charge in [0.1, 0.15) is 0 Å². The lowest BCUT2D eigenvalue weighted by molar-refractivity contribution is 0.444. The van der Waals surface area contributed by atoms with Gasteiger partial charge >= 0.3 is 0 Å². The highest BCUT2D eigenvalue weighted by Crippen LogP contribution is 2.46. The summed E-state index contributed by atoms with van der Waals surface area (Å²) in [5.41, 5.74) is 14.3. The van der Waals surface area contributed by atoms with Crippen LogP contribution in [0.5, 0.6) is 0 Å². The first kappa shape index (κ1) is 24.4. The monoisotopic (exact) mass is 531 g/mol. The van der Waals surface area contributed by atoms with Crippen LogP contribution in [0.2, 0.25) is 0 Å². The van der Waals surface area contributed by atoms with Crippen molar-refractivity contribution in [1.29, 1.82) is 0 Å². The smallest absolute Gasteiger partial charge is 0.252 e. The fraction of sp³-hybridized carbons (Fsp3) is 0.189. The zero-order chi connectivity index (χ0) is 27.3. The Morgan fingerprint density at radius 1 is 0.585 bits per heavy atom. The van der Waals surface area contributed by atoms with E-state index < -0.39 is 0 Å². The number of nitrogens with one attached hydrogen (secondary N) is 1. The Labute approximate surface area is 243 Å². The van der Waals surface area contributed by atoms with Gasteiger partial charge in [0.15, 0.2) is 0 Å². The second-order valence-electron chi connectivity index (χ2n) is 11.7. The van der Waals surface area contributed by atoms with Crippen molar-refractivity contribution in [2.75, 3.05) is 22.2 Å². The molecule has 8 rings (SSSR count). The molecule has 0 radical (unpaired) electrons. The quantitative estimate of drug-likeness (QED) is 0.233. The molecule has 0 atom stereocenters. The summed E-state index contributed by atoms with van der Waals surface area (Å²) in [5.74, 6) is 0.601. The van der Waals surface area contributed by atoms with Crippen molar-refractivity contribution in [3.8, 4) is 0 Å². The van der Waals surface area contributed by atoms with E-state index in [0.29, 0.717) is 5.92 Å². The van der Waals surface area contributed by atoms with E-state index >= 15 is 0 Å². The SMILES string of the molecule is CNc1ccc2c(c1)B1c3ccccc3N(c3ccccc3)c3cc(C4CCCCC4)cc(c31)N2c1ccccc1. The molecule has 1 N–H and O–H groups in total. The largest absolute Gasteiger partial charge is 0.388 e. The van der Waals surface area contributed by atoms with E-state index in [4.69, 9.17) is 0 Å². The minimum Gasteiger partial charge on any atom is -0.388 e. The molecular weight excluding hydrogens is 497 g/mol. The average Bonchev–Trinajstić information content (AvgIpc) is 3.05. The molecule has 2 aliphatic heterocycles. The van der Waals surface area contributed by atoms with Gasteiger partial charge in [-0.15, -0.1) is 0 Å². The van der Waals surface area contributed by atoms with Gasteiger partial charge in [0.25, 0.3) is 6.71 Å². The van der Waals surface area contributed by atoms with Gasteiger partial charge < -0.3 is 15.1 Å². The third-order valence-corrected chi connectivity index (χ3v) is 9.39. The molecule has 0 unspecified atom stereocenters. The van der Waals surface area contributed by atoms with Crippen LogP contribution in [0.25, 0.3) is 0 Å². The van der Waals surface area contributed by atoms with E-state index in [1.807, 2.05) is 7.05 Å². The number of fused-ring (bicyclic) bond motifs is 4. The Kier molecular flexibility index (Phi) is 5.87. The van der Waals surface area contributed by atoms with Gasteiger partial charge in [-0.05, 0) is 101 Å². The van der Waals surface area contributed by atoms with Crippen LogP contribution in [-0.4, -0.2) is 13.8 Å². The molecule has 5 aromatic rings. The van der Waals surface area contributed by atoms with Crippen LogP contribution >= 0.6 is 0 Å². The summed E-state index contributed by atoms with van der Waals surface area (Å²) < 4.78 is 0. The van der Waals surface area contributed by atoms with Crippen LogP contribution in [0.4, 0.5) is 39.8 Å². The van der Waals surface area contributed by atoms with Gasteiger partial charge in [0, 0.05) is 46.9 Å². The van der Waals surface area contributed by atoms with Crippen LogP contribution in [0.1, 0.15) is 43.6 Å². The summed E-state index contributed by atoms with van der Waals surface area (Å²) in [6.07, 6.45) is 6.55. The molecule has 0 amide bonds. The zero-order valence-corrected chi connectivity index (χ0v) is 23.6. The van der Waals surface area contributed by atoms with Crippen LogP contribution in [0, 0.1) is 0 Å². The van der Waals surface area contributed by atoms with Crippen LogP contribution < -0.4 is 31.5 Å². The minimum absolute atomic E-state index is 0.153. The summed E-state index contributed by atoms with van der Waals surface area (Å²) in [6.45, 7) is 0.153. The maximum atomic E-state index is 3.41. The Hall–Kier alpha value is -4.44. The molecule has 1 aliphatic carbocycles. The molecule has 2 heterocycles. The number of nitrogens with zero attached hydrogens (tertiary/aromatic N) is 2. The summed E-state index contributed by atoms with van der Waals surface area (Å²) >= 11 is 0. The standard InChI is InChI=1S/C37H34BN3/c1-39-28-21-22-34-32(25-28)38-31-19-11-12-20-33(31)40(29-15-7-3-8-16-29)35-23-27(26-13-5-2-6-14-26)24-36(37(35)38)41(34)30-17-9-4-10-18-30/h3-4,7-12,15-26,39H,2,5-6,13-14H2,1H3. The highest BCUT2D eigenvalue weighted by atomic mass is 15.2. The normalized spacial score (nSPS) is 15.7. The molecule has 1 fully saturated rings. The fourth-order valence-corrected chi connectivity index (χ4v) is 7.51. The number of rotatable bonds is 4. The maximum Gasteiger partial charge on any atom is 0.252 e. The molecular formula is C37H34BN3. The van der Waals surface area contributed by atoms with Crippen molar-refractivity contribution >= 4 is 62.9 Å². The summed E-state index contributed by atoms with van der Waals surface area (Å²) in [4.78, 5) is 5.04. The molecule has 0 saturated heterocycles. The second-order valence-corrected chi connectivity index (χ2v) is 11.7. The third kappa shape index (κ3) is 3.88. The van der Waals surface area contributed by atoms with E-state index in [2.05, 4.69) is 130 Å². The first-order chi connectivity index (χ1) is 20.3. The van der Waals surface area contributed by atoms with E-state index in [1.54, 1.807) is 0 Å². The minimum atomic E-state index is 0.153. The summed E-state index contributed by atoms with van der Waals surface area (Å²) in [5, 5.41) is 3.41. The highest BCUT2D eigenvalue weighted by Gasteiger charge is 2.43. The van der Waals surface area contributed by atoms with E-state index in [1.165, 1.54) is 88.2 Å². The predicted octanol–water partition coefficient (Wildman–Crippen LogP) is 7.86. The summed E-state index contributed by atoms with van der Waals surface area (Å²) in [6, 6.07) is 42.9. The van der Waals surface area contributed by atoms with Gasteiger partial charge in [0.05, 0.1) is 0 Å². The predicted molar refractivity (Wildman–Crippen MR) is 176 cm³/mol. The van der Waals surface area contributed by atoms with Crippen molar-refractivity contribution in [2.24, 2.45) is 0 Å². The number of benzene rings is 5. The van der Waals surface area contributed by atoms with Gasteiger partial charge in [-0.3, -0.25) is 0 Å². The first-order valence-corrected chi connectivity index (χ1v) is 15.1. The molecule has 0 spiro atoms. The molecule has 4 heteroatoms. The summed E-state index contributed by atoms with van der Waals surface area (Å²) in [7, 11) is 2.02. The number of anilines is 7. The Bertz CT molecular complexity index is 1710. The van der Waals surface area contributed by atoms with E-state index in [9.17, 15) is 0 Å². The van der Waals surface area contributed by atoms with Crippen LogP contribution in [-0.2, 0) is 0 Å². The number of para-hydroxylation sites is 3. The van der Waals surface area contributed by atoms with Crippen molar-refractivity contribution in [3.05, 3.63) is 121 Å². The lowest BCUT2D eigenvalue weighted by Crippen LogP contribution is -2.61. The van der Waals surface area contributed by atoms with Crippen molar-refractivity contribution in [1.82, 2.24) is 0 Å². The lowest BCUT2D eigenvalue weighted by atomic mass is 9.33. The van der Waals surface area contributed by atoms with E-state index in [-0.39, 0.29) is 6.71 Å². The maximum absolute atomic E-state index is 3.41. The fourth-order valence-electron chi connectivity index (χ4n) is 7.51. The van der Waals surface area contributed by atoms with Gasteiger partial charge in [0.2, 0.25) is 0 Å². The molecule has 200 valence electrons. The molecule has 3 aliphatic rings. The molecule has 3 nitrogen and oxygen atoms in total. The molecule has 41 heavy (non-hydrogen) atoms. The van der Waals surface area contributed by atoms with E-state index in [0.717, 1.165) is 5.69 Å². The van der Waals surface area contributed by atoms with Crippen LogP contribution in [0.15, 0.2) is 115 Å². The first-order valence-electron chi connectivity index (χ1n) is 15.1. The highest BCUT2D eigenvalue weighted by molar-refractivity contribution is 7.00. The zero-order valence-electron chi connectivity index (χ0n) is 23.6. The van der Waals surface area contributed by atoms with Crippen molar-refractivity contribution in [3.63, 3.8) is 0 Å². The Morgan fingerprint density at radius 3 is 1.80 bits per heavy atom. The van der Waals surface area contributed by atoms with Gasteiger partial charge in [-0.25, -0.2) is 0 Å². The number of hydrogen-bond donors (Lipinski definition) is 1. The molecule has 5 aromatic carbocycles. The van der Waals surface area contributed by atoms with Crippen LogP contribution in [0.3, 0.4) is 0 Å². The van der Waals surface area contributed by atoms with Gasteiger partial charge in [-0.2, -0.15) is 0 Å². The number of hydrogen-bond acceptors (Lipinski definition) is 3. The molecule has 0 aromatic heterocycles. The molecule has 0 bridgehead atoms. The van der Waals surface area contributed by atoms with Crippen molar-refractivity contribution in [2.45, 2.75) is 38.0 Å². The third-order valence-electron chi connectivity index (χ3n) is 9.39. The van der Waals surface area contributed by atoms with Gasteiger partial charge in [-0.1, -0.05) is 73.9 Å². The Morgan fingerprint density at radius 2 is 1.17 bits per heavy atom. The van der Waals surface area contributed by atoms with Crippen molar-refractivity contribution < 1.29 is 0 Å². The molecule has 1 saturated carbocycles.